The van der Waals surface area contributed by atoms with Crippen LogP contribution in [0.5, 0.6) is 5.75 Å². The van der Waals surface area contributed by atoms with E-state index in [1.807, 2.05) is 12.2 Å². The summed E-state index contributed by atoms with van der Waals surface area (Å²) in [6, 6.07) is 4.14. The fraction of sp³-hybridized carbons (Fsp3) is 0.471. The van der Waals surface area contributed by atoms with Crippen molar-refractivity contribution in [3.05, 3.63) is 23.8 Å². The van der Waals surface area contributed by atoms with Crippen LogP contribution in [0.15, 0.2) is 18.2 Å². The minimum Gasteiger partial charge on any atom is -0.484 e. The molecule has 1 atom stereocenters. The molecule has 1 aromatic rings. The third-order valence-corrected chi connectivity index (χ3v) is 3.91. The first-order chi connectivity index (χ1) is 11.9. The maximum atomic E-state index is 12.0. The third-order valence-electron chi connectivity index (χ3n) is 3.91. The molecule has 1 saturated heterocycles. The van der Waals surface area contributed by atoms with Gasteiger partial charge in [-0.25, -0.2) is 4.79 Å². The van der Waals surface area contributed by atoms with Crippen molar-refractivity contribution in [2.24, 2.45) is 11.7 Å². The van der Waals surface area contributed by atoms with Gasteiger partial charge in [-0.15, -0.1) is 0 Å². The standard InChI is InChI=1S/C17H23N3O5/c1-11-8-13(25-10-16(22)20-17(18)23)3-4-14(11)19-15(21)5-2-12-6-7-24-9-12/h3-4,8,12H,2,5-7,9-10H2,1H3,(H,19,21)(H3,18,20,22,23)/t12-/m0/s1. The average Bonchev–Trinajstić information content (AvgIpc) is 3.06. The number of urea groups is 1. The van der Waals surface area contributed by atoms with Crippen LogP contribution in [0.2, 0.25) is 0 Å². The fourth-order valence-electron chi connectivity index (χ4n) is 2.55. The van der Waals surface area contributed by atoms with Gasteiger partial charge in [-0.05, 0) is 49.4 Å². The lowest BCUT2D eigenvalue weighted by Crippen LogP contribution is -2.38. The lowest BCUT2D eigenvalue weighted by Gasteiger charge is -2.12. The normalized spacial score (nSPS) is 16.3. The van der Waals surface area contributed by atoms with Gasteiger partial charge in [-0.3, -0.25) is 14.9 Å². The topological polar surface area (TPSA) is 120 Å². The van der Waals surface area contributed by atoms with Crippen LogP contribution in [0.4, 0.5) is 10.5 Å². The predicted molar refractivity (Wildman–Crippen MR) is 91.2 cm³/mol. The summed E-state index contributed by atoms with van der Waals surface area (Å²) in [5, 5.41) is 4.79. The number of carbonyl (C=O) groups excluding carboxylic acids is 3. The number of benzene rings is 1. The van der Waals surface area contributed by atoms with Crippen molar-refractivity contribution in [2.75, 3.05) is 25.1 Å². The van der Waals surface area contributed by atoms with Crippen molar-refractivity contribution in [1.29, 1.82) is 0 Å². The zero-order chi connectivity index (χ0) is 18.2. The molecule has 0 radical (unpaired) electrons. The molecule has 0 bridgehead atoms. The molecule has 0 spiro atoms. The van der Waals surface area contributed by atoms with Crippen LogP contribution < -0.4 is 21.1 Å². The Hall–Kier alpha value is -2.61. The van der Waals surface area contributed by atoms with Gasteiger partial charge in [0.15, 0.2) is 6.61 Å². The molecular formula is C17H23N3O5. The Kier molecular flexibility index (Phi) is 6.76. The molecule has 0 aliphatic carbocycles. The average molecular weight is 349 g/mol. The van der Waals surface area contributed by atoms with E-state index in [4.69, 9.17) is 15.2 Å². The molecule has 8 heteroatoms. The van der Waals surface area contributed by atoms with Crippen LogP contribution in [0.25, 0.3) is 0 Å². The number of anilines is 1. The van der Waals surface area contributed by atoms with Crippen molar-refractivity contribution >= 4 is 23.5 Å². The van der Waals surface area contributed by atoms with Crippen molar-refractivity contribution in [2.45, 2.75) is 26.2 Å². The quantitative estimate of drug-likeness (QED) is 0.686. The molecule has 1 aliphatic rings. The van der Waals surface area contributed by atoms with E-state index in [-0.39, 0.29) is 12.5 Å². The number of nitrogens with two attached hydrogens (primary N) is 1. The molecule has 1 heterocycles. The van der Waals surface area contributed by atoms with E-state index >= 15 is 0 Å². The number of nitrogens with one attached hydrogen (secondary N) is 2. The van der Waals surface area contributed by atoms with Crippen LogP contribution in [-0.4, -0.2) is 37.7 Å². The van der Waals surface area contributed by atoms with Gasteiger partial charge in [0.1, 0.15) is 5.75 Å². The van der Waals surface area contributed by atoms with Crippen LogP contribution in [0, 0.1) is 12.8 Å². The molecule has 0 aromatic heterocycles. The van der Waals surface area contributed by atoms with Crippen molar-refractivity contribution < 1.29 is 23.9 Å². The molecular weight excluding hydrogens is 326 g/mol. The van der Waals surface area contributed by atoms with Gasteiger partial charge in [0.2, 0.25) is 5.91 Å². The molecule has 136 valence electrons. The largest absolute Gasteiger partial charge is 0.484 e. The van der Waals surface area contributed by atoms with Gasteiger partial charge >= 0.3 is 6.03 Å². The number of aryl methyl sites for hydroxylation is 1. The molecule has 0 saturated carbocycles. The highest BCUT2D eigenvalue weighted by atomic mass is 16.5. The summed E-state index contributed by atoms with van der Waals surface area (Å²) in [5.41, 5.74) is 6.35. The molecule has 8 nitrogen and oxygen atoms in total. The molecule has 1 aliphatic heterocycles. The van der Waals surface area contributed by atoms with Gasteiger partial charge in [0.25, 0.3) is 5.91 Å². The summed E-state index contributed by atoms with van der Waals surface area (Å²) in [6.45, 7) is 3.03. The highest BCUT2D eigenvalue weighted by molar-refractivity contribution is 5.94. The van der Waals surface area contributed by atoms with Gasteiger partial charge < -0.3 is 20.5 Å². The zero-order valence-electron chi connectivity index (χ0n) is 14.2. The van der Waals surface area contributed by atoms with E-state index in [1.165, 1.54) is 0 Å². The minimum atomic E-state index is -0.924. The predicted octanol–water partition coefficient (Wildman–Crippen LogP) is 1.32. The number of imide groups is 1. The zero-order valence-corrected chi connectivity index (χ0v) is 14.2. The summed E-state index contributed by atoms with van der Waals surface area (Å²) >= 11 is 0. The molecule has 4 amide bonds. The van der Waals surface area contributed by atoms with Crippen LogP contribution in [-0.2, 0) is 14.3 Å². The molecule has 2 rings (SSSR count). The monoisotopic (exact) mass is 349 g/mol. The van der Waals surface area contributed by atoms with Crippen LogP contribution >= 0.6 is 0 Å². The third kappa shape index (κ3) is 6.42. The minimum absolute atomic E-state index is 0.0375. The molecule has 1 fully saturated rings. The van der Waals surface area contributed by atoms with Gasteiger partial charge in [0.05, 0.1) is 0 Å². The number of carbonyl (C=O) groups is 3. The van der Waals surface area contributed by atoms with E-state index in [0.29, 0.717) is 23.8 Å². The first kappa shape index (κ1) is 18.7. The highest BCUT2D eigenvalue weighted by Gasteiger charge is 2.17. The van der Waals surface area contributed by atoms with Gasteiger partial charge in [0, 0.05) is 25.3 Å². The first-order valence-electron chi connectivity index (χ1n) is 8.14. The molecule has 0 unspecified atom stereocenters. The van der Waals surface area contributed by atoms with Crippen molar-refractivity contribution in [3.8, 4) is 5.75 Å². The lowest BCUT2D eigenvalue weighted by molar-refractivity contribution is -0.122. The summed E-state index contributed by atoms with van der Waals surface area (Å²) in [4.78, 5) is 33.9. The Balaban J connectivity index is 1.80. The van der Waals surface area contributed by atoms with Crippen molar-refractivity contribution in [3.63, 3.8) is 0 Å². The summed E-state index contributed by atoms with van der Waals surface area (Å²) in [6.07, 6.45) is 2.29. The van der Waals surface area contributed by atoms with Crippen LogP contribution in [0.1, 0.15) is 24.8 Å². The van der Waals surface area contributed by atoms with E-state index < -0.39 is 11.9 Å². The molecule has 25 heavy (non-hydrogen) atoms. The van der Waals surface area contributed by atoms with E-state index in [2.05, 4.69) is 5.32 Å². The number of hydrogen-bond acceptors (Lipinski definition) is 5. The Bertz CT molecular complexity index is 641. The Labute approximate surface area is 146 Å². The number of rotatable bonds is 7. The number of hydrogen-bond donors (Lipinski definition) is 3. The Morgan fingerprint density at radius 3 is 2.76 bits per heavy atom. The number of ether oxygens (including phenoxy) is 2. The van der Waals surface area contributed by atoms with E-state index in [0.717, 1.165) is 31.6 Å². The second kappa shape index (κ2) is 9.03. The van der Waals surface area contributed by atoms with Gasteiger partial charge in [-0.1, -0.05) is 0 Å². The van der Waals surface area contributed by atoms with E-state index in [1.54, 1.807) is 18.2 Å². The lowest BCUT2D eigenvalue weighted by atomic mass is 10.0. The van der Waals surface area contributed by atoms with Crippen LogP contribution in [0.3, 0.4) is 0 Å². The summed E-state index contributed by atoms with van der Waals surface area (Å²) in [5.74, 6) is 0.260. The Morgan fingerprint density at radius 1 is 1.32 bits per heavy atom. The van der Waals surface area contributed by atoms with Crippen molar-refractivity contribution in [1.82, 2.24) is 5.32 Å². The maximum absolute atomic E-state index is 12.0. The van der Waals surface area contributed by atoms with E-state index in [9.17, 15) is 14.4 Å². The second-order valence-electron chi connectivity index (χ2n) is 5.99. The number of primary amides is 1. The molecule has 4 N–H and O–H groups in total. The van der Waals surface area contributed by atoms with Gasteiger partial charge in [-0.2, -0.15) is 0 Å². The number of amides is 4. The summed E-state index contributed by atoms with van der Waals surface area (Å²) in [7, 11) is 0. The first-order valence-corrected chi connectivity index (χ1v) is 8.14. The molecule has 1 aromatic carbocycles. The summed E-state index contributed by atoms with van der Waals surface area (Å²) < 4.78 is 10.6. The fourth-order valence-corrected chi connectivity index (χ4v) is 2.55. The SMILES string of the molecule is Cc1cc(OCC(=O)NC(N)=O)ccc1NC(=O)CC[C@H]1CCOC1. The highest BCUT2D eigenvalue weighted by Crippen LogP contribution is 2.23. The Morgan fingerprint density at radius 2 is 2.12 bits per heavy atom. The second-order valence-corrected chi connectivity index (χ2v) is 5.99. The smallest absolute Gasteiger partial charge is 0.318 e. The maximum Gasteiger partial charge on any atom is 0.318 e.